The Balaban J connectivity index is 2.66. The predicted molar refractivity (Wildman–Crippen MR) is 105 cm³/mol. The van der Waals surface area contributed by atoms with Gasteiger partial charge in [0, 0.05) is 32.6 Å². The van der Waals surface area contributed by atoms with Gasteiger partial charge in [0.05, 0.1) is 0 Å². The van der Waals surface area contributed by atoms with Crippen LogP contribution in [-0.2, 0) is 14.8 Å². The molecule has 0 spiro atoms. The standard InChI is InChI=1S/C19H29F9N2O3S/c1-2-3-4-5-6-7-8-9-10-15(31)29-11-13-30(14-12-29)34(32,33)19(27,28)17(22,23)16(20,21)18(24,25)26/h2-14H2,1H3. The van der Waals surface area contributed by atoms with E-state index in [0.717, 1.165) is 49.8 Å². The minimum atomic E-state index is -7.30. The van der Waals surface area contributed by atoms with Crippen LogP contribution in [0.2, 0.25) is 0 Å². The molecule has 1 amide bonds. The molecule has 34 heavy (non-hydrogen) atoms. The van der Waals surface area contributed by atoms with E-state index in [0.29, 0.717) is 6.42 Å². The van der Waals surface area contributed by atoms with E-state index >= 15 is 0 Å². The molecule has 0 aromatic heterocycles. The van der Waals surface area contributed by atoms with Gasteiger partial charge >= 0.3 is 23.3 Å². The minimum Gasteiger partial charge on any atom is -0.340 e. The number of alkyl halides is 9. The first-order chi connectivity index (χ1) is 15.4. The van der Waals surface area contributed by atoms with Crippen LogP contribution in [0.25, 0.3) is 0 Å². The van der Waals surface area contributed by atoms with Crippen molar-refractivity contribution in [3.63, 3.8) is 0 Å². The molecular weight excluding hydrogens is 507 g/mol. The molecule has 1 aliphatic rings. The van der Waals surface area contributed by atoms with Gasteiger partial charge in [-0.25, -0.2) is 8.42 Å². The third-order valence-corrected chi connectivity index (χ3v) is 7.56. The number of piperazine rings is 1. The number of amides is 1. The molecule has 0 unspecified atom stereocenters. The monoisotopic (exact) mass is 536 g/mol. The Morgan fingerprint density at radius 1 is 0.706 bits per heavy atom. The Morgan fingerprint density at radius 2 is 1.15 bits per heavy atom. The number of rotatable bonds is 13. The van der Waals surface area contributed by atoms with Crippen LogP contribution >= 0.6 is 0 Å². The van der Waals surface area contributed by atoms with Gasteiger partial charge in [0.1, 0.15) is 0 Å². The van der Waals surface area contributed by atoms with Gasteiger partial charge in [-0.3, -0.25) is 4.79 Å². The third kappa shape index (κ3) is 6.49. The van der Waals surface area contributed by atoms with Crippen molar-refractivity contribution >= 4 is 15.9 Å². The second-order valence-corrected chi connectivity index (χ2v) is 10.2. The highest BCUT2D eigenvalue weighted by Gasteiger charge is 2.85. The number of carbonyl (C=O) groups is 1. The molecule has 0 aliphatic carbocycles. The van der Waals surface area contributed by atoms with Crippen molar-refractivity contribution in [3.05, 3.63) is 0 Å². The summed E-state index contributed by atoms with van der Waals surface area (Å²) in [5.41, 5.74) is 0. The summed E-state index contributed by atoms with van der Waals surface area (Å²) in [4.78, 5) is 13.3. The second-order valence-electron chi connectivity index (χ2n) is 8.17. The van der Waals surface area contributed by atoms with E-state index in [2.05, 4.69) is 6.92 Å². The fraction of sp³-hybridized carbons (Fsp3) is 0.947. The highest BCUT2D eigenvalue weighted by molar-refractivity contribution is 7.90. The van der Waals surface area contributed by atoms with Gasteiger partial charge in [0.15, 0.2) is 0 Å². The summed E-state index contributed by atoms with van der Waals surface area (Å²) in [5.74, 6) is -15.0. The molecule has 0 saturated carbocycles. The van der Waals surface area contributed by atoms with Crippen LogP contribution in [0.15, 0.2) is 0 Å². The van der Waals surface area contributed by atoms with Gasteiger partial charge in [0.25, 0.3) is 10.0 Å². The molecule has 15 heteroatoms. The Morgan fingerprint density at radius 3 is 1.59 bits per heavy atom. The number of sulfonamides is 1. The summed E-state index contributed by atoms with van der Waals surface area (Å²) < 4.78 is 141. The Hall–Kier alpha value is -1.25. The molecular formula is C19H29F9N2O3S. The molecule has 1 aliphatic heterocycles. The Kier molecular flexibility index (Phi) is 10.6. The number of hydrogen-bond donors (Lipinski definition) is 0. The van der Waals surface area contributed by atoms with E-state index in [1.807, 2.05) is 0 Å². The quantitative estimate of drug-likeness (QED) is 0.234. The largest absolute Gasteiger partial charge is 0.460 e. The minimum absolute atomic E-state index is 0.0910. The van der Waals surface area contributed by atoms with Gasteiger partial charge in [0.2, 0.25) is 5.91 Å². The lowest BCUT2D eigenvalue weighted by atomic mass is 10.1. The van der Waals surface area contributed by atoms with Crippen molar-refractivity contribution in [3.8, 4) is 0 Å². The van der Waals surface area contributed by atoms with Gasteiger partial charge in [-0.1, -0.05) is 51.9 Å². The van der Waals surface area contributed by atoms with E-state index in [9.17, 15) is 52.7 Å². The molecule has 1 rings (SSSR count). The predicted octanol–water partition coefficient (Wildman–Crippen LogP) is 5.42. The molecule has 0 aromatic rings. The van der Waals surface area contributed by atoms with Crippen molar-refractivity contribution in [1.29, 1.82) is 0 Å². The SMILES string of the molecule is CCCCCCCCCCC(=O)N1CCN(S(=O)(=O)C(F)(F)C(F)(F)C(F)(F)C(F)(F)F)CC1. The first-order valence-corrected chi connectivity index (χ1v) is 12.4. The zero-order valence-electron chi connectivity index (χ0n) is 18.6. The summed E-state index contributed by atoms with van der Waals surface area (Å²) in [6.45, 7) is -0.795. The van der Waals surface area contributed by atoms with Crippen LogP contribution < -0.4 is 0 Å². The van der Waals surface area contributed by atoms with Crippen molar-refractivity contribution in [2.24, 2.45) is 0 Å². The fourth-order valence-corrected chi connectivity index (χ4v) is 4.85. The summed E-state index contributed by atoms with van der Waals surface area (Å²) >= 11 is 0. The molecule has 0 atom stereocenters. The molecule has 0 N–H and O–H groups in total. The van der Waals surface area contributed by atoms with E-state index in [4.69, 9.17) is 0 Å². The lowest BCUT2D eigenvalue weighted by Crippen LogP contribution is -2.66. The summed E-state index contributed by atoms with van der Waals surface area (Å²) in [5, 5.41) is -6.75. The zero-order chi connectivity index (χ0) is 26.4. The molecule has 202 valence electrons. The smallest absolute Gasteiger partial charge is 0.340 e. The normalized spacial score (nSPS) is 17.3. The van der Waals surface area contributed by atoms with Crippen LogP contribution in [0, 0.1) is 0 Å². The van der Waals surface area contributed by atoms with Gasteiger partial charge < -0.3 is 4.90 Å². The van der Waals surface area contributed by atoms with Crippen molar-refractivity contribution in [1.82, 2.24) is 9.21 Å². The van der Waals surface area contributed by atoms with Crippen LogP contribution in [0.1, 0.15) is 64.7 Å². The molecule has 5 nitrogen and oxygen atoms in total. The Labute approximate surface area is 192 Å². The maximum atomic E-state index is 13.9. The number of nitrogens with zero attached hydrogens (tertiary/aromatic N) is 2. The van der Waals surface area contributed by atoms with E-state index in [1.54, 1.807) is 0 Å². The van der Waals surface area contributed by atoms with E-state index < -0.39 is 65.4 Å². The number of halogens is 9. The molecule has 0 bridgehead atoms. The highest BCUT2D eigenvalue weighted by atomic mass is 32.2. The number of hydrogen-bond acceptors (Lipinski definition) is 3. The van der Waals surface area contributed by atoms with Crippen LogP contribution in [0.4, 0.5) is 39.5 Å². The van der Waals surface area contributed by atoms with Crippen LogP contribution in [-0.4, -0.2) is 73.0 Å². The molecule has 1 fully saturated rings. The van der Waals surface area contributed by atoms with Crippen molar-refractivity contribution < 1.29 is 52.7 Å². The van der Waals surface area contributed by atoms with Crippen LogP contribution in [0.5, 0.6) is 0 Å². The van der Waals surface area contributed by atoms with Gasteiger partial charge in [-0.2, -0.15) is 43.8 Å². The van der Waals surface area contributed by atoms with Crippen molar-refractivity contribution in [2.45, 2.75) is 88.0 Å². The maximum absolute atomic E-state index is 13.9. The molecule has 1 heterocycles. The fourth-order valence-electron chi connectivity index (χ4n) is 3.43. The van der Waals surface area contributed by atoms with E-state index in [1.165, 1.54) is 0 Å². The van der Waals surface area contributed by atoms with Crippen molar-refractivity contribution in [2.75, 3.05) is 26.2 Å². The second kappa shape index (κ2) is 11.7. The number of unbranched alkanes of at least 4 members (excludes halogenated alkanes) is 7. The Bertz CT molecular complexity index is 765. The van der Waals surface area contributed by atoms with Crippen LogP contribution in [0.3, 0.4) is 0 Å². The summed E-state index contributed by atoms with van der Waals surface area (Å²) in [6, 6.07) is 0. The summed E-state index contributed by atoms with van der Waals surface area (Å²) in [7, 11) is -6.61. The first kappa shape index (κ1) is 30.8. The lowest BCUT2D eigenvalue weighted by Gasteiger charge is -2.38. The lowest BCUT2D eigenvalue weighted by molar-refractivity contribution is -0.382. The highest BCUT2D eigenvalue weighted by Crippen LogP contribution is 2.55. The van der Waals surface area contributed by atoms with Gasteiger partial charge in [-0.15, -0.1) is 0 Å². The zero-order valence-corrected chi connectivity index (χ0v) is 19.4. The third-order valence-electron chi connectivity index (χ3n) is 5.62. The number of carbonyl (C=O) groups excluding carboxylic acids is 1. The first-order valence-electron chi connectivity index (χ1n) is 10.9. The summed E-state index contributed by atoms with van der Waals surface area (Å²) in [6.07, 6.45) is 0.661. The molecule has 0 radical (unpaired) electrons. The van der Waals surface area contributed by atoms with Gasteiger partial charge in [-0.05, 0) is 6.42 Å². The van der Waals surface area contributed by atoms with E-state index in [-0.39, 0.29) is 10.7 Å². The maximum Gasteiger partial charge on any atom is 0.460 e. The average Bonchev–Trinajstić information content (AvgIpc) is 2.74. The topological polar surface area (TPSA) is 57.7 Å². The molecule has 1 saturated heterocycles. The molecule has 0 aromatic carbocycles. The average molecular weight is 537 g/mol.